The van der Waals surface area contributed by atoms with Gasteiger partial charge < -0.3 is 9.72 Å². The highest BCUT2D eigenvalue weighted by Gasteiger charge is 2.16. The standard InChI is InChI=1S/C17H22F2N2O/c1-4-9-21(17(18)19)10-8-14-12(3)20-16-7-6-13(22-5-2)11-15(14)16/h4,6-7,11,17,20H,1,5,8-10H2,2-3H3. The van der Waals surface area contributed by atoms with Gasteiger partial charge in [-0.1, -0.05) is 6.08 Å². The lowest BCUT2D eigenvalue weighted by atomic mass is 10.1. The number of rotatable bonds is 8. The molecular formula is C17H22F2N2O. The van der Waals surface area contributed by atoms with Gasteiger partial charge >= 0.3 is 0 Å². The van der Waals surface area contributed by atoms with Crippen molar-refractivity contribution in [2.24, 2.45) is 0 Å². The summed E-state index contributed by atoms with van der Waals surface area (Å²) in [7, 11) is 0. The van der Waals surface area contributed by atoms with E-state index in [1.54, 1.807) is 0 Å². The number of alkyl halides is 2. The van der Waals surface area contributed by atoms with E-state index in [0.29, 0.717) is 13.0 Å². The highest BCUT2D eigenvalue weighted by Crippen LogP contribution is 2.27. The number of aromatic nitrogens is 1. The first-order chi connectivity index (χ1) is 10.6. The number of aryl methyl sites for hydroxylation is 1. The first kappa shape index (κ1) is 16.5. The average molecular weight is 308 g/mol. The molecule has 0 spiro atoms. The summed E-state index contributed by atoms with van der Waals surface area (Å²) in [5.41, 5.74) is 3.08. The highest BCUT2D eigenvalue weighted by atomic mass is 19.3. The second-order valence-corrected chi connectivity index (χ2v) is 5.18. The Morgan fingerprint density at radius 2 is 2.18 bits per heavy atom. The molecule has 3 nitrogen and oxygen atoms in total. The van der Waals surface area contributed by atoms with Crippen LogP contribution in [0.5, 0.6) is 5.75 Å². The van der Waals surface area contributed by atoms with Crippen LogP contribution in [0.15, 0.2) is 30.9 Å². The van der Waals surface area contributed by atoms with Gasteiger partial charge in [-0.15, -0.1) is 6.58 Å². The molecule has 0 fully saturated rings. The monoisotopic (exact) mass is 308 g/mol. The van der Waals surface area contributed by atoms with E-state index in [4.69, 9.17) is 4.74 Å². The first-order valence-corrected chi connectivity index (χ1v) is 7.44. The van der Waals surface area contributed by atoms with E-state index in [1.165, 1.54) is 6.08 Å². The smallest absolute Gasteiger partial charge is 0.295 e. The zero-order chi connectivity index (χ0) is 16.1. The molecule has 0 atom stereocenters. The maximum Gasteiger partial charge on any atom is 0.295 e. The molecule has 1 heterocycles. The Balaban J connectivity index is 2.23. The predicted molar refractivity (Wildman–Crippen MR) is 85.7 cm³/mol. The third-order valence-electron chi connectivity index (χ3n) is 3.69. The maximum absolute atomic E-state index is 12.9. The van der Waals surface area contributed by atoms with Crippen molar-refractivity contribution in [2.75, 3.05) is 19.7 Å². The summed E-state index contributed by atoms with van der Waals surface area (Å²) in [5, 5.41) is 1.04. The van der Waals surface area contributed by atoms with E-state index in [-0.39, 0.29) is 13.1 Å². The third-order valence-corrected chi connectivity index (χ3v) is 3.69. The first-order valence-electron chi connectivity index (χ1n) is 7.44. The topological polar surface area (TPSA) is 28.3 Å². The summed E-state index contributed by atoms with van der Waals surface area (Å²) in [6, 6.07) is 5.85. The van der Waals surface area contributed by atoms with Gasteiger partial charge in [0.15, 0.2) is 0 Å². The van der Waals surface area contributed by atoms with Crippen molar-refractivity contribution in [1.82, 2.24) is 9.88 Å². The largest absolute Gasteiger partial charge is 0.494 e. The number of halogens is 2. The van der Waals surface area contributed by atoms with Gasteiger partial charge in [-0.05, 0) is 44.0 Å². The molecule has 0 saturated carbocycles. The molecule has 22 heavy (non-hydrogen) atoms. The SMILES string of the molecule is C=CCN(CCc1c(C)[nH]c2ccc(OCC)cc12)C(F)F. The number of benzene rings is 1. The molecule has 0 amide bonds. The molecule has 0 aliphatic carbocycles. The Morgan fingerprint density at radius 1 is 1.41 bits per heavy atom. The number of hydrogen-bond acceptors (Lipinski definition) is 2. The van der Waals surface area contributed by atoms with Gasteiger partial charge in [-0.25, -0.2) is 4.90 Å². The van der Waals surface area contributed by atoms with E-state index in [2.05, 4.69) is 11.6 Å². The van der Waals surface area contributed by atoms with Crippen LogP contribution in [0, 0.1) is 6.92 Å². The van der Waals surface area contributed by atoms with Crippen LogP contribution in [0.2, 0.25) is 0 Å². The van der Waals surface area contributed by atoms with Crippen molar-refractivity contribution in [3.8, 4) is 5.75 Å². The fourth-order valence-corrected chi connectivity index (χ4v) is 2.63. The molecule has 0 bridgehead atoms. The molecular weight excluding hydrogens is 286 g/mol. The molecule has 1 N–H and O–H groups in total. The summed E-state index contributed by atoms with van der Waals surface area (Å²) in [4.78, 5) is 4.41. The summed E-state index contributed by atoms with van der Waals surface area (Å²) >= 11 is 0. The van der Waals surface area contributed by atoms with E-state index in [0.717, 1.165) is 32.8 Å². The number of aromatic amines is 1. The minimum Gasteiger partial charge on any atom is -0.494 e. The Hall–Kier alpha value is -1.88. The van der Waals surface area contributed by atoms with Gasteiger partial charge in [0, 0.05) is 29.7 Å². The lowest BCUT2D eigenvalue weighted by Gasteiger charge is -2.19. The van der Waals surface area contributed by atoms with E-state index < -0.39 is 6.55 Å². The number of ether oxygens (including phenoxy) is 1. The Labute approximate surface area is 129 Å². The van der Waals surface area contributed by atoms with Crippen LogP contribution in [-0.2, 0) is 6.42 Å². The summed E-state index contributed by atoms with van der Waals surface area (Å²) < 4.78 is 31.4. The lowest BCUT2D eigenvalue weighted by Crippen LogP contribution is -2.31. The van der Waals surface area contributed by atoms with Crippen molar-refractivity contribution in [3.05, 3.63) is 42.1 Å². The lowest BCUT2D eigenvalue weighted by molar-refractivity contribution is -0.0185. The van der Waals surface area contributed by atoms with Crippen LogP contribution < -0.4 is 4.74 Å². The van der Waals surface area contributed by atoms with Crippen molar-refractivity contribution in [1.29, 1.82) is 0 Å². The quantitative estimate of drug-likeness (QED) is 0.587. The van der Waals surface area contributed by atoms with Crippen LogP contribution in [0.3, 0.4) is 0 Å². The normalized spacial score (nSPS) is 11.5. The van der Waals surface area contributed by atoms with Crippen molar-refractivity contribution in [3.63, 3.8) is 0 Å². The van der Waals surface area contributed by atoms with Gasteiger partial charge in [0.05, 0.1) is 6.61 Å². The molecule has 0 aliphatic heterocycles. The second kappa shape index (κ2) is 7.40. The number of nitrogens with zero attached hydrogens (tertiary/aromatic N) is 1. The predicted octanol–water partition coefficient (Wildman–Crippen LogP) is 4.13. The van der Waals surface area contributed by atoms with Crippen LogP contribution in [0.1, 0.15) is 18.2 Å². The van der Waals surface area contributed by atoms with Gasteiger partial charge in [-0.3, -0.25) is 0 Å². The molecule has 0 aliphatic rings. The third kappa shape index (κ3) is 3.65. The van der Waals surface area contributed by atoms with Crippen molar-refractivity contribution < 1.29 is 13.5 Å². The minimum atomic E-state index is -2.47. The molecule has 1 aromatic carbocycles. The number of nitrogens with one attached hydrogen (secondary N) is 1. The molecule has 0 saturated heterocycles. The van der Waals surface area contributed by atoms with Crippen LogP contribution >= 0.6 is 0 Å². The molecule has 1 aromatic heterocycles. The van der Waals surface area contributed by atoms with Crippen molar-refractivity contribution in [2.45, 2.75) is 26.8 Å². The number of H-pyrrole nitrogens is 1. The second-order valence-electron chi connectivity index (χ2n) is 5.18. The molecule has 0 radical (unpaired) electrons. The zero-order valence-electron chi connectivity index (χ0n) is 13.0. The van der Waals surface area contributed by atoms with Crippen LogP contribution in [-0.4, -0.2) is 36.1 Å². The Kier molecular flexibility index (Phi) is 5.55. The fourth-order valence-electron chi connectivity index (χ4n) is 2.63. The fraction of sp³-hybridized carbons (Fsp3) is 0.412. The highest BCUT2D eigenvalue weighted by molar-refractivity contribution is 5.86. The van der Waals surface area contributed by atoms with E-state index in [1.807, 2.05) is 32.0 Å². The maximum atomic E-state index is 12.9. The van der Waals surface area contributed by atoms with Gasteiger partial charge in [0.2, 0.25) is 0 Å². The van der Waals surface area contributed by atoms with Gasteiger partial charge in [0.25, 0.3) is 6.55 Å². The van der Waals surface area contributed by atoms with Crippen LogP contribution in [0.25, 0.3) is 10.9 Å². The van der Waals surface area contributed by atoms with Crippen molar-refractivity contribution >= 4 is 10.9 Å². The zero-order valence-corrected chi connectivity index (χ0v) is 13.0. The summed E-state index contributed by atoms with van der Waals surface area (Å²) in [5.74, 6) is 0.798. The molecule has 2 aromatic rings. The summed E-state index contributed by atoms with van der Waals surface area (Å²) in [6.45, 7) is 6.03. The number of fused-ring (bicyclic) bond motifs is 1. The minimum absolute atomic E-state index is 0.184. The molecule has 2 rings (SSSR count). The van der Waals surface area contributed by atoms with Gasteiger partial charge in [0.1, 0.15) is 5.75 Å². The number of hydrogen-bond donors (Lipinski definition) is 1. The Bertz CT molecular complexity index is 637. The molecule has 120 valence electrons. The molecule has 0 unspecified atom stereocenters. The average Bonchev–Trinajstić information content (AvgIpc) is 2.79. The summed E-state index contributed by atoms with van der Waals surface area (Å²) in [6.07, 6.45) is 2.06. The van der Waals surface area contributed by atoms with E-state index >= 15 is 0 Å². The Morgan fingerprint density at radius 3 is 2.82 bits per heavy atom. The van der Waals surface area contributed by atoms with Gasteiger partial charge in [-0.2, -0.15) is 8.78 Å². The van der Waals surface area contributed by atoms with Crippen LogP contribution in [0.4, 0.5) is 8.78 Å². The van der Waals surface area contributed by atoms with E-state index in [9.17, 15) is 8.78 Å². The molecule has 5 heteroatoms.